The summed E-state index contributed by atoms with van der Waals surface area (Å²) in [6.07, 6.45) is 10.0. The summed E-state index contributed by atoms with van der Waals surface area (Å²) in [5.74, 6) is 0.754. The maximum atomic E-state index is 8.30. The van der Waals surface area contributed by atoms with Crippen LogP contribution in [0.3, 0.4) is 0 Å². The average Bonchev–Trinajstić information content (AvgIpc) is 2.73. The molecule has 1 aliphatic rings. The van der Waals surface area contributed by atoms with Crippen molar-refractivity contribution in [3.63, 3.8) is 0 Å². The molecule has 5 nitrogen and oxygen atoms in total. The van der Waals surface area contributed by atoms with E-state index in [2.05, 4.69) is 110 Å². The zero-order chi connectivity index (χ0) is 27.3. The van der Waals surface area contributed by atoms with Crippen molar-refractivity contribution in [3.05, 3.63) is 76.8 Å². The van der Waals surface area contributed by atoms with Crippen LogP contribution in [0.1, 0.15) is 92.0 Å². The third kappa shape index (κ3) is 7.79. The Bertz CT molecular complexity index is 1090. The fourth-order valence-electron chi connectivity index (χ4n) is 5.11. The van der Waals surface area contributed by atoms with Crippen LogP contribution in [0.2, 0.25) is 0 Å². The van der Waals surface area contributed by atoms with Crippen LogP contribution < -0.4 is 16.0 Å². The van der Waals surface area contributed by atoms with Crippen LogP contribution in [0, 0.1) is 5.41 Å². The molecule has 0 spiro atoms. The fraction of sp³-hybridized carbons (Fsp3) is 0.484. The smallest absolute Gasteiger partial charge is 0.135 e. The van der Waals surface area contributed by atoms with Crippen molar-refractivity contribution < 1.29 is 0 Å². The molecule has 2 heterocycles. The highest BCUT2D eigenvalue weighted by Gasteiger charge is 2.33. The maximum Gasteiger partial charge on any atom is 0.135 e. The van der Waals surface area contributed by atoms with Gasteiger partial charge in [0, 0.05) is 41.0 Å². The summed E-state index contributed by atoms with van der Waals surface area (Å²) < 4.78 is 0. The molecule has 1 aromatic rings. The molecule has 5 heteroatoms. The molecule has 0 atom stereocenters. The third-order valence-electron chi connectivity index (χ3n) is 6.11. The molecule has 0 fully saturated rings. The van der Waals surface area contributed by atoms with E-state index >= 15 is 0 Å². The Morgan fingerprint density at radius 3 is 2.42 bits per heavy atom. The van der Waals surface area contributed by atoms with E-state index in [9.17, 15) is 0 Å². The highest BCUT2D eigenvalue weighted by molar-refractivity contribution is 5.88. The van der Waals surface area contributed by atoms with E-state index in [0.717, 1.165) is 46.8 Å². The molecule has 0 aromatic carbocycles. The lowest BCUT2D eigenvalue weighted by molar-refractivity contribution is 0.297. The number of pyridine rings is 1. The number of nitrogens with one attached hydrogen (secondary N) is 4. The molecule has 1 aliphatic heterocycles. The third-order valence-corrected chi connectivity index (χ3v) is 6.11. The van der Waals surface area contributed by atoms with E-state index in [1.807, 2.05) is 0 Å². The van der Waals surface area contributed by atoms with Gasteiger partial charge < -0.3 is 21.4 Å². The van der Waals surface area contributed by atoms with Gasteiger partial charge in [0.1, 0.15) is 5.82 Å². The number of hydrogen-bond acceptors (Lipinski definition) is 5. The Morgan fingerprint density at radius 2 is 1.92 bits per heavy atom. The standard InChI is InChI=1S/C31H47N5/c1-12-23(14-20(3)4)26(22(7)33-13-2)15-24-16-28(35-29(27(24)19-32)34-21(5)6)25-17-30(8,9)36-31(10,11)18-25/h13-14,16-17,19,21,32-33,36H,2,7,12,15,18H2,1,3-6,8-11H3,(H,34,35)/b26-23-,32-19?. The highest BCUT2D eigenvalue weighted by atomic mass is 15.0. The second kappa shape index (κ2) is 11.9. The van der Waals surface area contributed by atoms with Crippen molar-refractivity contribution in [2.75, 3.05) is 5.32 Å². The summed E-state index contributed by atoms with van der Waals surface area (Å²) in [4.78, 5) is 5.06. The molecule has 0 bridgehead atoms. The zero-order valence-electron chi connectivity index (χ0n) is 23.9. The summed E-state index contributed by atoms with van der Waals surface area (Å²) in [7, 11) is 0. The van der Waals surface area contributed by atoms with Crippen molar-refractivity contribution >= 4 is 17.6 Å². The van der Waals surface area contributed by atoms with Gasteiger partial charge in [0.05, 0.1) is 5.69 Å². The number of anilines is 1. The van der Waals surface area contributed by atoms with Crippen LogP contribution in [-0.4, -0.2) is 28.3 Å². The van der Waals surface area contributed by atoms with Crippen LogP contribution in [0.25, 0.3) is 5.57 Å². The number of aromatic nitrogens is 1. The fourth-order valence-corrected chi connectivity index (χ4v) is 5.11. The van der Waals surface area contributed by atoms with E-state index in [1.54, 1.807) is 6.20 Å². The molecule has 0 radical (unpaired) electrons. The van der Waals surface area contributed by atoms with E-state index in [-0.39, 0.29) is 17.1 Å². The van der Waals surface area contributed by atoms with E-state index in [0.29, 0.717) is 6.42 Å². The first-order valence-corrected chi connectivity index (χ1v) is 13.0. The summed E-state index contributed by atoms with van der Waals surface area (Å²) >= 11 is 0. The topological polar surface area (TPSA) is 72.8 Å². The lowest BCUT2D eigenvalue weighted by Crippen LogP contribution is -2.53. The minimum absolute atomic E-state index is 0.0483. The van der Waals surface area contributed by atoms with Crippen molar-refractivity contribution in [1.29, 1.82) is 5.41 Å². The van der Waals surface area contributed by atoms with Crippen LogP contribution >= 0.6 is 0 Å². The lowest BCUT2D eigenvalue weighted by Gasteiger charge is -2.41. The second-order valence-electron chi connectivity index (χ2n) is 11.5. The Labute approximate surface area is 219 Å². The molecule has 0 amide bonds. The van der Waals surface area contributed by atoms with E-state index in [4.69, 9.17) is 10.4 Å². The molecule has 0 aliphatic carbocycles. The van der Waals surface area contributed by atoms with Gasteiger partial charge in [-0.1, -0.05) is 37.8 Å². The quantitative estimate of drug-likeness (QED) is 0.194. The molecule has 0 saturated heterocycles. The SMILES string of the molecule is C=CNC(=C)/C(Cc1cc(C2=CC(C)(C)NC(C)(C)C2)nc(NC(C)C)c1C=N)=C(\C=C(C)C)CC. The molecule has 0 saturated carbocycles. The van der Waals surface area contributed by atoms with Gasteiger partial charge in [-0.05, 0) is 103 Å². The normalized spacial score (nSPS) is 17.0. The molecule has 0 unspecified atom stereocenters. The summed E-state index contributed by atoms with van der Waals surface area (Å²) in [6, 6.07) is 2.37. The molecule has 2 rings (SSSR count). The van der Waals surface area contributed by atoms with Crippen molar-refractivity contribution in [2.24, 2.45) is 0 Å². The maximum absolute atomic E-state index is 8.30. The summed E-state index contributed by atoms with van der Waals surface area (Å²) in [5, 5.41) is 18.7. The van der Waals surface area contributed by atoms with Gasteiger partial charge in [0.25, 0.3) is 0 Å². The highest BCUT2D eigenvalue weighted by Crippen LogP contribution is 2.35. The number of nitrogens with zero attached hydrogens (tertiary/aromatic N) is 1. The predicted octanol–water partition coefficient (Wildman–Crippen LogP) is 7.30. The number of hydrogen-bond donors (Lipinski definition) is 4. The van der Waals surface area contributed by atoms with Crippen LogP contribution in [0.5, 0.6) is 0 Å². The largest absolute Gasteiger partial charge is 0.367 e. The second-order valence-corrected chi connectivity index (χ2v) is 11.5. The van der Waals surface area contributed by atoms with E-state index < -0.39 is 0 Å². The van der Waals surface area contributed by atoms with Gasteiger partial charge >= 0.3 is 0 Å². The molecule has 4 N–H and O–H groups in total. The average molecular weight is 490 g/mol. The Hall–Kier alpha value is -2.92. The first-order chi connectivity index (χ1) is 16.7. The zero-order valence-corrected chi connectivity index (χ0v) is 23.9. The Morgan fingerprint density at radius 1 is 1.25 bits per heavy atom. The minimum atomic E-state index is -0.142. The Kier molecular flexibility index (Phi) is 9.67. The van der Waals surface area contributed by atoms with Crippen LogP contribution in [0.4, 0.5) is 5.82 Å². The van der Waals surface area contributed by atoms with Gasteiger partial charge in [0.2, 0.25) is 0 Å². The van der Waals surface area contributed by atoms with Gasteiger partial charge in [-0.25, -0.2) is 4.98 Å². The van der Waals surface area contributed by atoms with Crippen molar-refractivity contribution in [2.45, 2.75) is 98.7 Å². The molecule has 196 valence electrons. The van der Waals surface area contributed by atoms with Crippen molar-refractivity contribution in [1.82, 2.24) is 15.6 Å². The first-order valence-electron chi connectivity index (χ1n) is 13.0. The molecular weight excluding hydrogens is 442 g/mol. The van der Waals surface area contributed by atoms with Gasteiger partial charge in [-0.2, -0.15) is 0 Å². The summed E-state index contributed by atoms with van der Waals surface area (Å²) in [5.41, 5.74) is 8.29. The van der Waals surface area contributed by atoms with E-state index in [1.165, 1.54) is 22.9 Å². The monoisotopic (exact) mass is 489 g/mol. The van der Waals surface area contributed by atoms with Crippen LogP contribution in [-0.2, 0) is 6.42 Å². The van der Waals surface area contributed by atoms with Crippen LogP contribution in [0.15, 0.2) is 60.0 Å². The molecule has 1 aromatic heterocycles. The molecular formula is C31H47N5. The number of allylic oxidation sites excluding steroid dienone is 4. The number of rotatable bonds is 11. The molecule has 36 heavy (non-hydrogen) atoms. The summed E-state index contributed by atoms with van der Waals surface area (Å²) in [6.45, 7) is 27.6. The van der Waals surface area contributed by atoms with Gasteiger partial charge in [0.15, 0.2) is 0 Å². The van der Waals surface area contributed by atoms with Crippen molar-refractivity contribution in [3.8, 4) is 0 Å². The Balaban J connectivity index is 2.81. The first kappa shape index (κ1) is 29.3. The predicted molar refractivity (Wildman–Crippen MR) is 158 cm³/mol. The lowest BCUT2D eigenvalue weighted by atomic mass is 9.82. The van der Waals surface area contributed by atoms with Gasteiger partial charge in [-0.15, -0.1) is 0 Å². The minimum Gasteiger partial charge on any atom is -0.367 e. The van der Waals surface area contributed by atoms with Gasteiger partial charge in [-0.3, -0.25) is 0 Å².